The average Bonchev–Trinajstić information content (AvgIpc) is 3.00. The first-order valence-electron chi connectivity index (χ1n) is 6.60. The van der Waals surface area contributed by atoms with E-state index in [2.05, 4.69) is 17.5 Å². The number of carbonyl (C=O) groups excluding carboxylic acids is 1. The van der Waals surface area contributed by atoms with Crippen molar-refractivity contribution in [2.24, 2.45) is 11.8 Å². The molecule has 3 atom stereocenters. The maximum absolute atomic E-state index is 12.4. The zero-order chi connectivity index (χ0) is 14.3. The van der Waals surface area contributed by atoms with E-state index in [4.69, 9.17) is 0 Å². The van der Waals surface area contributed by atoms with Gasteiger partial charge in [0.25, 0.3) is 5.91 Å². The second kappa shape index (κ2) is 4.65. The lowest BCUT2D eigenvalue weighted by atomic mass is 10.0. The second-order valence-electron chi connectivity index (χ2n) is 5.44. The number of alkyl halides is 3. The van der Waals surface area contributed by atoms with Crippen molar-refractivity contribution in [3.8, 4) is 0 Å². The molecule has 2 nitrogen and oxygen atoms in total. The molecule has 1 aromatic carbocycles. The number of carbonyl (C=O) groups is 1. The molecule has 0 aromatic heterocycles. The summed E-state index contributed by atoms with van der Waals surface area (Å²) in [5, 5.41) is 2.91. The van der Waals surface area contributed by atoms with Gasteiger partial charge in [-0.05, 0) is 48.9 Å². The molecule has 1 saturated carbocycles. The third-order valence-corrected chi connectivity index (χ3v) is 4.07. The molecular weight excluding hydrogens is 267 g/mol. The number of fused-ring (bicyclic) bond motifs is 2. The molecule has 3 rings (SSSR count). The summed E-state index contributed by atoms with van der Waals surface area (Å²) < 4.78 is 37.3. The molecule has 2 bridgehead atoms. The minimum Gasteiger partial charge on any atom is -0.349 e. The zero-order valence-corrected chi connectivity index (χ0v) is 10.7. The predicted octanol–water partition coefficient (Wildman–Crippen LogP) is 3.40. The van der Waals surface area contributed by atoms with Crippen LogP contribution in [0, 0.1) is 11.8 Å². The number of amides is 1. The first-order valence-corrected chi connectivity index (χ1v) is 6.60. The fraction of sp³-hybridized carbons (Fsp3) is 0.400. The predicted molar refractivity (Wildman–Crippen MR) is 68.1 cm³/mol. The number of halogens is 3. The monoisotopic (exact) mass is 281 g/mol. The SMILES string of the molecule is O=C(N[C@H]1C[C@@H]2C=C[C@H]1C2)c1ccc(C(F)(F)F)cc1. The normalized spacial score (nSPS) is 27.9. The maximum atomic E-state index is 12.4. The van der Waals surface area contributed by atoms with Crippen LogP contribution < -0.4 is 5.32 Å². The van der Waals surface area contributed by atoms with E-state index < -0.39 is 11.7 Å². The lowest BCUT2D eigenvalue weighted by Gasteiger charge is -2.19. The average molecular weight is 281 g/mol. The lowest BCUT2D eigenvalue weighted by Crippen LogP contribution is -2.37. The smallest absolute Gasteiger partial charge is 0.349 e. The number of rotatable bonds is 2. The van der Waals surface area contributed by atoms with E-state index >= 15 is 0 Å². The number of allylic oxidation sites excluding steroid dienone is 1. The van der Waals surface area contributed by atoms with Crippen LogP contribution in [0.3, 0.4) is 0 Å². The van der Waals surface area contributed by atoms with E-state index in [1.54, 1.807) is 0 Å². The van der Waals surface area contributed by atoms with Crippen LogP contribution in [0.2, 0.25) is 0 Å². The van der Waals surface area contributed by atoms with Gasteiger partial charge in [0, 0.05) is 11.6 Å². The summed E-state index contributed by atoms with van der Waals surface area (Å²) >= 11 is 0. The number of benzene rings is 1. The van der Waals surface area contributed by atoms with Crippen LogP contribution in [0.1, 0.15) is 28.8 Å². The Kier molecular flexibility index (Phi) is 3.07. The van der Waals surface area contributed by atoms with E-state index in [-0.39, 0.29) is 17.5 Å². The van der Waals surface area contributed by atoms with Crippen LogP contribution in [0.5, 0.6) is 0 Å². The minimum absolute atomic E-state index is 0.111. The number of hydrogen-bond acceptors (Lipinski definition) is 1. The summed E-state index contributed by atoms with van der Waals surface area (Å²) in [5.41, 5.74) is -0.471. The Hall–Kier alpha value is -1.78. The molecule has 0 unspecified atom stereocenters. The van der Waals surface area contributed by atoms with Crippen LogP contribution >= 0.6 is 0 Å². The van der Waals surface area contributed by atoms with Gasteiger partial charge in [-0.15, -0.1) is 0 Å². The van der Waals surface area contributed by atoms with Crippen LogP contribution in [0.4, 0.5) is 13.2 Å². The fourth-order valence-electron chi connectivity index (χ4n) is 3.01. The van der Waals surface area contributed by atoms with E-state index in [0.717, 1.165) is 25.0 Å². The van der Waals surface area contributed by atoms with Gasteiger partial charge in [0.2, 0.25) is 0 Å². The zero-order valence-electron chi connectivity index (χ0n) is 10.7. The number of hydrogen-bond donors (Lipinski definition) is 1. The molecule has 2 aliphatic carbocycles. The van der Waals surface area contributed by atoms with Crippen molar-refractivity contribution in [2.45, 2.75) is 25.1 Å². The van der Waals surface area contributed by atoms with Crippen molar-refractivity contribution in [2.75, 3.05) is 0 Å². The lowest BCUT2D eigenvalue weighted by molar-refractivity contribution is -0.137. The third kappa shape index (κ3) is 2.44. The maximum Gasteiger partial charge on any atom is 0.416 e. The highest BCUT2D eigenvalue weighted by molar-refractivity contribution is 5.94. The Labute approximate surface area is 114 Å². The van der Waals surface area contributed by atoms with E-state index in [0.29, 0.717) is 11.8 Å². The molecule has 20 heavy (non-hydrogen) atoms. The highest BCUT2D eigenvalue weighted by atomic mass is 19.4. The van der Waals surface area contributed by atoms with Crippen LogP contribution in [0.15, 0.2) is 36.4 Å². The molecule has 0 saturated heterocycles. The van der Waals surface area contributed by atoms with E-state index in [1.807, 2.05) is 0 Å². The molecule has 1 amide bonds. The van der Waals surface area contributed by atoms with Crippen molar-refractivity contribution >= 4 is 5.91 Å². The van der Waals surface area contributed by atoms with Crippen molar-refractivity contribution in [1.82, 2.24) is 5.32 Å². The van der Waals surface area contributed by atoms with Gasteiger partial charge in [0.15, 0.2) is 0 Å². The minimum atomic E-state index is -4.37. The van der Waals surface area contributed by atoms with Gasteiger partial charge in [-0.1, -0.05) is 12.2 Å². The molecule has 0 radical (unpaired) electrons. The highest BCUT2D eigenvalue weighted by Crippen LogP contribution is 2.39. The molecule has 0 spiro atoms. The van der Waals surface area contributed by atoms with Gasteiger partial charge in [0.1, 0.15) is 0 Å². The quantitative estimate of drug-likeness (QED) is 0.827. The molecule has 0 heterocycles. The van der Waals surface area contributed by atoms with Crippen LogP contribution in [0.25, 0.3) is 0 Å². The van der Waals surface area contributed by atoms with Gasteiger partial charge >= 0.3 is 6.18 Å². The molecule has 2 aliphatic rings. The Morgan fingerprint density at radius 3 is 2.30 bits per heavy atom. The van der Waals surface area contributed by atoms with E-state index in [9.17, 15) is 18.0 Å². The van der Waals surface area contributed by atoms with Gasteiger partial charge in [-0.2, -0.15) is 13.2 Å². The Bertz CT molecular complexity index is 547. The summed E-state index contributed by atoms with van der Waals surface area (Å²) in [6, 6.07) is 4.44. The largest absolute Gasteiger partial charge is 0.416 e. The molecule has 5 heteroatoms. The van der Waals surface area contributed by atoms with Gasteiger partial charge in [0.05, 0.1) is 5.56 Å². The molecular formula is C15H14F3NO. The summed E-state index contributed by atoms with van der Waals surface area (Å²) in [5.74, 6) is 0.612. The summed E-state index contributed by atoms with van der Waals surface area (Å²) in [6.45, 7) is 0. The first kappa shape index (κ1) is 13.2. The summed E-state index contributed by atoms with van der Waals surface area (Å²) in [4.78, 5) is 12.0. The van der Waals surface area contributed by atoms with Crippen molar-refractivity contribution in [3.63, 3.8) is 0 Å². The first-order chi connectivity index (χ1) is 9.43. The topological polar surface area (TPSA) is 29.1 Å². The molecule has 106 valence electrons. The highest BCUT2D eigenvalue weighted by Gasteiger charge is 2.36. The summed E-state index contributed by atoms with van der Waals surface area (Å²) in [7, 11) is 0. The fourth-order valence-corrected chi connectivity index (χ4v) is 3.01. The Morgan fingerprint density at radius 2 is 1.80 bits per heavy atom. The Balaban J connectivity index is 1.67. The molecule has 1 N–H and O–H groups in total. The van der Waals surface area contributed by atoms with Crippen LogP contribution in [-0.2, 0) is 6.18 Å². The molecule has 1 fully saturated rings. The standard InChI is InChI=1S/C15H14F3NO/c16-15(17,18)12-5-3-10(4-6-12)14(20)19-13-8-9-1-2-11(13)7-9/h1-6,9,11,13H,7-8H2,(H,19,20)/t9-,11+,13+/m1/s1. The van der Waals surface area contributed by atoms with Crippen molar-refractivity contribution in [3.05, 3.63) is 47.5 Å². The van der Waals surface area contributed by atoms with E-state index in [1.165, 1.54) is 12.1 Å². The Morgan fingerprint density at radius 1 is 1.10 bits per heavy atom. The molecule has 0 aliphatic heterocycles. The van der Waals surface area contributed by atoms with Gasteiger partial charge < -0.3 is 5.32 Å². The number of nitrogens with one attached hydrogen (secondary N) is 1. The summed E-state index contributed by atoms with van der Waals surface area (Å²) in [6.07, 6.45) is 1.91. The third-order valence-electron chi connectivity index (χ3n) is 4.07. The van der Waals surface area contributed by atoms with Gasteiger partial charge in [-0.3, -0.25) is 4.79 Å². The van der Waals surface area contributed by atoms with Crippen molar-refractivity contribution < 1.29 is 18.0 Å². The molecule has 1 aromatic rings. The second-order valence-corrected chi connectivity index (χ2v) is 5.44. The van der Waals surface area contributed by atoms with Crippen LogP contribution in [-0.4, -0.2) is 11.9 Å². The van der Waals surface area contributed by atoms with Crippen molar-refractivity contribution in [1.29, 1.82) is 0 Å². The van der Waals surface area contributed by atoms with Gasteiger partial charge in [-0.25, -0.2) is 0 Å².